The standard InChI is InChI=1S/C48H83N9O11/c1-29(2)37(41(62)56-35(42(63)67-47(9,10)11)28-30-20-22-31(23-21-30)65-45(3,4)5)57-40(61)34(24-25-36(58)66-46(6,7)8)55-39(60)33(19-15-16-26-53-44(64)68-48(12,13)14)54-38(59)32(49)18-17-27-52-43(50)51/h20-23,29,32-35,37H,15-19,24-28,49H2,1-14H3,(H,53,64)(H,54,59)(H,55,60)(H,56,62)(H,57,61)(H4,50,51,52)/t32-,33-,34-,35-,37-/m0/s1. The van der Waals surface area contributed by atoms with Crippen molar-refractivity contribution < 1.29 is 52.5 Å². The Labute approximate surface area is 403 Å². The van der Waals surface area contributed by atoms with Gasteiger partial charge in [-0.05, 0) is 145 Å². The van der Waals surface area contributed by atoms with Crippen molar-refractivity contribution in [1.29, 1.82) is 0 Å². The van der Waals surface area contributed by atoms with E-state index in [1.165, 1.54) is 0 Å². The zero-order valence-electron chi connectivity index (χ0n) is 43.0. The molecule has 68 heavy (non-hydrogen) atoms. The summed E-state index contributed by atoms with van der Waals surface area (Å²) in [5.74, 6) is -4.31. The van der Waals surface area contributed by atoms with Crippen LogP contribution in [0.3, 0.4) is 0 Å². The Bertz CT molecular complexity index is 1840. The van der Waals surface area contributed by atoms with Crippen molar-refractivity contribution in [3.63, 3.8) is 0 Å². The number of rotatable bonds is 25. The fourth-order valence-corrected chi connectivity index (χ4v) is 6.27. The fraction of sp³-hybridized carbons (Fsp3) is 0.708. The molecule has 1 rings (SSSR count). The van der Waals surface area contributed by atoms with Crippen molar-refractivity contribution in [2.45, 2.75) is 201 Å². The number of alkyl carbamates (subject to hydrolysis) is 1. The van der Waals surface area contributed by atoms with Crippen molar-refractivity contribution in [2.24, 2.45) is 28.1 Å². The molecule has 20 heteroatoms. The lowest BCUT2D eigenvalue weighted by Gasteiger charge is -2.29. The smallest absolute Gasteiger partial charge is 0.407 e. The highest BCUT2D eigenvalue weighted by Crippen LogP contribution is 2.21. The highest BCUT2D eigenvalue weighted by Gasteiger charge is 2.35. The summed E-state index contributed by atoms with van der Waals surface area (Å²) in [6, 6.07) is 1.01. The number of aliphatic imine (C=N–C) groups is 1. The van der Waals surface area contributed by atoms with Gasteiger partial charge in [-0.15, -0.1) is 0 Å². The number of hydrogen-bond acceptors (Lipinski definition) is 13. The zero-order chi connectivity index (χ0) is 52.2. The number of nitrogens with zero attached hydrogens (tertiary/aromatic N) is 1. The van der Waals surface area contributed by atoms with E-state index >= 15 is 0 Å². The van der Waals surface area contributed by atoms with E-state index < -0.39 is 100 Å². The van der Waals surface area contributed by atoms with Crippen LogP contribution in [0.1, 0.15) is 147 Å². The van der Waals surface area contributed by atoms with Crippen molar-refractivity contribution in [3.8, 4) is 5.75 Å². The van der Waals surface area contributed by atoms with Gasteiger partial charge >= 0.3 is 18.0 Å². The monoisotopic (exact) mass is 962 g/mol. The SMILES string of the molecule is CC(C)[C@H](NC(=O)[C@H](CCC(=O)OC(C)(C)C)NC(=O)[C@H](CCCCNC(=O)OC(C)(C)C)NC(=O)[C@@H](N)CCCN=C(N)N)C(=O)N[C@@H](Cc1ccc(OC(C)(C)C)cc1)C(=O)OC(C)(C)C. The zero-order valence-corrected chi connectivity index (χ0v) is 43.0. The Morgan fingerprint density at radius 1 is 0.603 bits per heavy atom. The number of carbonyl (C=O) groups excluding carboxylic acids is 7. The minimum Gasteiger partial charge on any atom is -0.488 e. The van der Waals surface area contributed by atoms with Gasteiger partial charge in [-0.2, -0.15) is 0 Å². The van der Waals surface area contributed by atoms with Crippen LogP contribution < -0.4 is 48.5 Å². The molecule has 1 aromatic rings. The molecule has 0 aliphatic heterocycles. The first-order valence-electron chi connectivity index (χ1n) is 23.4. The Kier molecular flexibility index (Phi) is 24.3. The average molecular weight is 962 g/mol. The Morgan fingerprint density at radius 2 is 1.13 bits per heavy atom. The van der Waals surface area contributed by atoms with Gasteiger partial charge in [0.1, 0.15) is 52.3 Å². The van der Waals surface area contributed by atoms with Gasteiger partial charge in [-0.3, -0.25) is 29.0 Å². The Morgan fingerprint density at radius 3 is 1.66 bits per heavy atom. The second kappa shape index (κ2) is 27.4. The summed E-state index contributed by atoms with van der Waals surface area (Å²) in [5.41, 5.74) is 14.8. The number of benzene rings is 1. The van der Waals surface area contributed by atoms with Gasteiger partial charge in [0.15, 0.2) is 5.96 Å². The van der Waals surface area contributed by atoms with Crippen LogP contribution in [0.15, 0.2) is 29.3 Å². The maximum atomic E-state index is 14.3. The van der Waals surface area contributed by atoms with Gasteiger partial charge in [0, 0.05) is 25.9 Å². The number of nitrogens with one attached hydrogen (secondary N) is 5. The highest BCUT2D eigenvalue weighted by atomic mass is 16.6. The fourth-order valence-electron chi connectivity index (χ4n) is 6.27. The largest absolute Gasteiger partial charge is 0.488 e. The maximum absolute atomic E-state index is 14.3. The number of guanidine groups is 1. The average Bonchev–Trinajstić information content (AvgIpc) is 3.16. The number of unbranched alkanes of at least 4 members (excludes halogenated alkanes) is 1. The molecule has 386 valence electrons. The molecule has 1 aromatic carbocycles. The summed E-state index contributed by atoms with van der Waals surface area (Å²) < 4.78 is 22.4. The molecule has 0 fully saturated rings. The van der Waals surface area contributed by atoms with Crippen LogP contribution in [0.5, 0.6) is 5.75 Å². The molecule has 0 saturated carbocycles. The molecule has 0 aliphatic carbocycles. The quantitative estimate of drug-likeness (QED) is 0.0229. The van der Waals surface area contributed by atoms with Crippen molar-refractivity contribution in [2.75, 3.05) is 13.1 Å². The molecule has 20 nitrogen and oxygen atoms in total. The van der Waals surface area contributed by atoms with Crippen LogP contribution in [-0.2, 0) is 49.4 Å². The molecule has 0 bridgehead atoms. The molecular formula is C48H83N9O11. The molecule has 0 unspecified atom stereocenters. The number of carbonyl (C=O) groups is 7. The number of nitrogens with two attached hydrogens (primary N) is 3. The van der Waals surface area contributed by atoms with Crippen LogP contribution >= 0.6 is 0 Å². The maximum Gasteiger partial charge on any atom is 0.407 e. The number of hydrogen-bond donors (Lipinski definition) is 8. The molecule has 0 radical (unpaired) electrons. The first-order valence-corrected chi connectivity index (χ1v) is 23.4. The van der Waals surface area contributed by atoms with Crippen LogP contribution in [0.2, 0.25) is 0 Å². The second-order valence-corrected chi connectivity index (χ2v) is 21.1. The predicted octanol–water partition coefficient (Wildman–Crippen LogP) is 3.54. The van der Waals surface area contributed by atoms with Crippen LogP contribution in [0.4, 0.5) is 4.79 Å². The second-order valence-electron chi connectivity index (χ2n) is 21.1. The minimum atomic E-state index is -1.42. The van der Waals surface area contributed by atoms with Crippen molar-refractivity contribution >= 4 is 47.6 Å². The van der Waals surface area contributed by atoms with Gasteiger partial charge in [-0.1, -0.05) is 26.0 Å². The van der Waals surface area contributed by atoms with Gasteiger partial charge in [0.05, 0.1) is 6.04 Å². The van der Waals surface area contributed by atoms with Gasteiger partial charge in [0.25, 0.3) is 0 Å². The molecule has 5 atom stereocenters. The third kappa shape index (κ3) is 27.2. The van der Waals surface area contributed by atoms with Crippen molar-refractivity contribution in [1.82, 2.24) is 26.6 Å². The molecule has 11 N–H and O–H groups in total. The molecule has 5 amide bonds. The number of esters is 2. The lowest BCUT2D eigenvalue weighted by Crippen LogP contribution is -2.59. The summed E-state index contributed by atoms with van der Waals surface area (Å²) >= 11 is 0. The van der Waals surface area contributed by atoms with Gasteiger partial charge in [0.2, 0.25) is 23.6 Å². The summed E-state index contributed by atoms with van der Waals surface area (Å²) in [6.45, 7) is 25.0. The van der Waals surface area contributed by atoms with Gasteiger partial charge in [-0.25, -0.2) is 9.59 Å². The molecule has 0 heterocycles. The molecule has 0 spiro atoms. The summed E-state index contributed by atoms with van der Waals surface area (Å²) in [6.07, 6.45) is 0.209. The third-order valence-electron chi connectivity index (χ3n) is 9.26. The molecule has 0 saturated heterocycles. The van der Waals surface area contributed by atoms with Crippen LogP contribution in [-0.4, -0.2) is 113 Å². The van der Waals surface area contributed by atoms with E-state index in [0.29, 0.717) is 30.6 Å². The Hall–Kier alpha value is -5.66. The number of amides is 5. The summed E-state index contributed by atoms with van der Waals surface area (Å²) in [4.78, 5) is 98.6. The van der Waals surface area contributed by atoms with E-state index in [9.17, 15) is 33.6 Å². The first kappa shape index (κ1) is 60.4. The predicted molar refractivity (Wildman–Crippen MR) is 260 cm³/mol. The highest BCUT2D eigenvalue weighted by molar-refractivity contribution is 5.96. The van der Waals surface area contributed by atoms with Crippen molar-refractivity contribution in [3.05, 3.63) is 29.8 Å². The summed E-state index contributed by atoms with van der Waals surface area (Å²) in [7, 11) is 0. The van der Waals surface area contributed by atoms with E-state index in [4.69, 9.17) is 36.1 Å². The molecule has 0 aliphatic rings. The lowest BCUT2D eigenvalue weighted by molar-refractivity contribution is -0.159. The van der Waals surface area contributed by atoms with E-state index in [1.54, 1.807) is 100 Å². The lowest BCUT2D eigenvalue weighted by atomic mass is 10.00. The topological polar surface area (TPSA) is 307 Å². The number of ether oxygens (including phenoxy) is 4. The van der Waals surface area contributed by atoms with Crippen LogP contribution in [0.25, 0.3) is 0 Å². The van der Waals surface area contributed by atoms with Gasteiger partial charge < -0.3 is 62.7 Å². The minimum absolute atomic E-state index is 0.0495. The van der Waals surface area contributed by atoms with E-state index in [1.807, 2.05) is 20.8 Å². The van der Waals surface area contributed by atoms with E-state index in [2.05, 4.69) is 31.6 Å². The van der Waals surface area contributed by atoms with E-state index in [0.717, 1.165) is 0 Å². The normalized spacial score (nSPS) is 14.2. The Balaban J connectivity index is 3.48. The third-order valence-corrected chi connectivity index (χ3v) is 9.26. The molecular weight excluding hydrogens is 879 g/mol. The molecule has 0 aromatic heterocycles. The summed E-state index contributed by atoms with van der Waals surface area (Å²) in [5, 5.41) is 13.5. The van der Waals surface area contributed by atoms with Crippen LogP contribution in [0, 0.1) is 5.92 Å². The first-order chi connectivity index (χ1) is 31.1. The van der Waals surface area contributed by atoms with E-state index in [-0.39, 0.29) is 51.2 Å².